The maximum absolute atomic E-state index is 9.31. The Hall–Kier alpha value is -2.12. The van der Waals surface area contributed by atoms with Crippen LogP contribution >= 0.6 is 0 Å². The maximum Gasteiger partial charge on any atom is 0.138 e. The molecule has 1 unspecified atom stereocenters. The number of nitrogens with zero attached hydrogens (tertiary/aromatic N) is 2. The fraction of sp³-hybridized carbons (Fsp3) is 0.375. The number of nitrogens with one attached hydrogen (secondary N) is 1. The van der Waals surface area contributed by atoms with E-state index in [-0.39, 0.29) is 0 Å². The van der Waals surface area contributed by atoms with E-state index in [9.17, 15) is 5.26 Å². The third kappa shape index (κ3) is 2.89. The van der Waals surface area contributed by atoms with Crippen molar-refractivity contribution < 1.29 is 4.74 Å². The first kappa shape index (κ1) is 12.9. The molecule has 0 spiro atoms. The zero-order chi connectivity index (χ0) is 14.0. The van der Waals surface area contributed by atoms with E-state index in [0.29, 0.717) is 12.6 Å². The molecule has 4 nitrogen and oxygen atoms in total. The normalized spacial score (nSPS) is 17.4. The first-order valence-corrected chi connectivity index (χ1v) is 6.85. The molecule has 0 amide bonds. The fourth-order valence-corrected chi connectivity index (χ4v) is 2.15. The Morgan fingerprint density at radius 1 is 1.45 bits per heavy atom. The van der Waals surface area contributed by atoms with Crippen molar-refractivity contribution in [3.63, 3.8) is 0 Å². The van der Waals surface area contributed by atoms with Gasteiger partial charge in [0.1, 0.15) is 17.9 Å². The largest absolute Gasteiger partial charge is 0.490 e. The summed E-state index contributed by atoms with van der Waals surface area (Å²) in [4.78, 5) is 4.30. The van der Waals surface area contributed by atoms with Gasteiger partial charge < -0.3 is 4.74 Å². The van der Waals surface area contributed by atoms with Crippen LogP contribution in [0.4, 0.5) is 0 Å². The molecule has 0 bridgehead atoms. The standard InChI is InChI=1S/C16H17N3O/c1-16(10-17,19-13-5-6-13)11-20-14-7-4-12-3-2-8-18-15(12)9-14/h2-4,7-9,13,19H,5-6,11H2,1H3. The molecule has 1 aromatic carbocycles. The SMILES string of the molecule is CC(C#N)(COc1ccc2cccnc2c1)NC1CC1. The van der Waals surface area contributed by atoms with Crippen LogP contribution in [0.5, 0.6) is 5.75 Å². The Kier molecular flexibility index (Phi) is 3.29. The van der Waals surface area contributed by atoms with Gasteiger partial charge in [-0.3, -0.25) is 10.3 Å². The van der Waals surface area contributed by atoms with Gasteiger partial charge in [0.05, 0.1) is 11.6 Å². The Bertz CT molecular complexity index is 660. The van der Waals surface area contributed by atoms with Crippen molar-refractivity contribution in [2.75, 3.05) is 6.61 Å². The summed E-state index contributed by atoms with van der Waals surface area (Å²) < 4.78 is 5.77. The lowest BCUT2D eigenvalue weighted by atomic mass is 10.1. The lowest BCUT2D eigenvalue weighted by molar-refractivity contribution is 0.233. The fourth-order valence-electron chi connectivity index (χ4n) is 2.15. The van der Waals surface area contributed by atoms with Crippen LogP contribution in [-0.2, 0) is 0 Å². The van der Waals surface area contributed by atoms with Crippen molar-refractivity contribution in [1.29, 1.82) is 5.26 Å². The summed E-state index contributed by atoms with van der Waals surface area (Å²) in [7, 11) is 0. The smallest absolute Gasteiger partial charge is 0.138 e. The van der Waals surface area contributed by atoms with Crippen molar-refractivity contribution in [3.05, 3.63) is 36.5 Å². The predicted molar refractivity (Wildman–Crippen MR) is 77.4 cm³/mol. The number of fused-ring (bicyclic) bond motifs is 1. The van der Waals surface area contributed by atoms with Gasteiger partial charge in [-0.1, -0.05) is 6.07 Å². The van der Waals surface area contributed by atoms with E-state index >= 15 is 0 Å². The Morgan fingerprint density at radius 3 is 3.05 bits per heavy atom. The van der Waals surface area contributed by atoms with Crippen LogP contribution in [0.15, 0.2) is 36.5 Å². The van der Waals surface area contributed by atoms with E-state index in [2.05, 4.69) is 16.4 Å². The van der Waals surface area contributed by atoms with E-state index in [1.807, 2.05) is 37.3 Å². The topological polar surface area (TPSA) is 57.9 Å². The van der Waals surface area contributed by atoms with Crippen LogP contribution in [0.3, 0.4) is 0 Å². The molecule has 0 saturated heterocycles. The van der Waals surface area contributed by atoms with Crippen molar-refractivity contribution in [2.45, 2.75) is 31.3 Å². The van der Waals surface area contributed by atoms with Crippen LogP contribution < -0.4 is 10.1 Å². The molecule has 0 aliphatic heterocycles. The predicted octanol–water partition coefficient (Wildman–Crippen LogP) is 2.65. The van der Waals surface area contributed by atoms with E-state index in [0.717, 1.165) is 29.5 Å². The van der Waals surface area contributed by atoms with Crippen molar-refractivity contribution >= 4 is 10.9 Å². The number of hydrogen-bond donors (Lipinski definition) is 1. The monoisotopic (exact) mass is 267 g/mol. The molecule has 2 aromatic rings. The lowest BCUT2D eigenvalue weighted by Gasteiger charge is -2.23. The molecule has 1 fully saturated rings. The molecule has 3 rings (SSSR count). The highest BCUT2D eigenvalue weighted by Gasteiger charge is 2.33. The number of aromatic nitrogens is 1. The van der Waals surface area contributed by atoms with Crippen LogP contribution in [0.1, 0.15) is 19.8 Å². The third-order valence-corrected chi connectivity index (χ3v) is 3.45. The molecule has 1 aliphatic rings. The first-order valence-electron chi connectivity index (χ1n) is 6.85. The molecular formula is C16H17N3O. The van der Waals surface area contributed by atoms with Gasteiger partial charge in [-0.15, -0.1) is 0 Å². The zero-order valence-electron chi connectivity index (χ0n) is 11.5. The lowest BCUT2D eigenvalue weighted by Crippen LogP contribution is -2.47. The van der Waals surface area contributed by atoms with Gasteiger partial charge in [0.2, 0.25) is 0 Å². The molecule has 20 heavy (non-hydrogen) atoms. The maximum atomic E-state index is 9.31. The summed E-state index contributed by atoms with van der Waals surface area (Å²) >= 11 is 0. The number of pyridine rings is 1. The zero-order valence-corrected chi connectivity index (χ0v) is 11.5. The van der Waals surface area contributed by atoms with Crippen LogP contribution in [0, 0.1) is 11.3 Å². The van der Waals surface area contributed by atoms with Crippen molar-refractivity contribution in [2.24, 2.45) is 0 Å². The highest BCUT2D eigenvalue weighted by molar-refractivity contribution is 5.79. The summed E-state index contributed by atoms with van der Waals surface area (Å²) in [6.45, 7) is 2.21. The van der Waals surface area contributed by atoms with Gasteiger partial charge in [0.25, 0.3) is 0 Å². The Labute approximate surface area is 118 Å². The minimum absolute atomic E-state index is 0.332. The van der Waals surface area contributed by atoms with Crippen molar-refractivity contribution in [3.8, 4) is 11.8 Å². The number of ether oxygens (including phenoxy) is 1. The molecule has 1 aliphatic carbocycles. The number of nitriles is 1. The van der Waals surface area contributed by atoms with Gasteiger partial charge in [0, 0.05) is 23.7 Å². The average molecular weight is 267 g/mol. The van der Waals surface area contributed by atoms with E-state index in [1.54, 1.807) is 6.20 Å². The molecule has 1 saturated carbocycles. The van der Waals surface area contributed by atoms with Gasteiger partial charge in [-0.2, -0.15) is 5.26 Å². The quantitative estimate of drug-likeness (QED) is 0.904. The number of hydrogen-bond acceptors (Lipinski definition) is 4. The highest BCUT2D eigenvalue weighted by atomic mass is 16.5. The van der Waals surface area contributed by atoms with Gasteiger partial charge in [-0.05, 0) is 38.0 Å². The second kappa shape index (κ2) is 5.10. The van der Waals surface area contributed by atoms with Crippen molar-refractivity contribution in [1.82, 2.24) is 10.3 Å². The summed E-state index contributed by atoms with van der Waals surface area (Å²) in [5, 5.41) is 13.7. The molecule has 4 heteroatoms. The van der Waals surface area contributed by atoms with E-state index in [4.69, 9.17) is 4.74 Å². The average Bonchev–Trinajstić information content (AvgIpc) is 3.29. The molecule has 0 radical (unpaired) electrons. The minimum atomic E-state index is -0.639. The molecular weight excluding hydrogens is 250 g/mol. The third-order valence-electron chi connectivity index (χ3n) is 3.45. The van der Waals surface area contributed by atoms with Gasteiger partial charge in [-0.25, -0.2) is 0 Å². The Morgan fingerprint density at radius 2 is 2.30 bits per heavy atom. The summed E-state index contributed by atoms with van der Waals surface area (Å²) in [6, 6.07) is 12.5. The number of rotatable bonds is 5. The summed E-state index contributed by atoms with van der Waals surface area (Å²) in [6.07, 6.45) is 4.06. The molecule has 102 valence electrons. The van der Waals surface area contributed by atoms with E-state index in [1.165, 1.54) is 0 Å². The number of benzene rings is 1. The first-order chi connectivity index (χ1) is 9.68. The van der Waals surface area contributed by atoms with Crippen LogP contribution in [0.25, 0.3) is 10.9 Å². The highest BCUT2D eigenvalue weighted by Crippen LogP contribution is 2.24. The Balaban J connectivity index is 1.70. The molecule has 1 N–H and O–H groups in total. The van der Waals surface area contributed by atoms with Gasteiger partial charge >= 0.3 is 0 Å². The van der Waals surface area contributed by atoms with Crippen LogP contribution in [-0.4, -0.2) is 23.2 Å². The van der Waals surface area contributed by atoms with Gasteiger partial charge in [0.15, 0.2) is 0 Å². The molecule has 1 heterocycles. The summed E-state index contributed by atoms with van der Waals surface area (Å²) in [5.41, 5.74) is 0.263. The second-order valence-electron chi connectivity index (χ2n) is 5.51. The van der Waals surface area contributed by atoms with Crippen LogP contribution in [0.2, 0.25) is 0 Å². The van der Waals surface area contributed by atoms with E-state index < -0.39 is 5.54 Å². The molecule has 1 aromatic heterocycles. The second-order valence-corrected chi connectivity index (χ2v) is 5.51. The summed E-state index contributed by atoms with van der Waals surface area (Å²) in [5.74, 6) is 0.746. The molecule has 1 atom stereocenters. The minimum Gasteiger partial charge on any atom is -0.490 e.